The van der Waals surface area contributed by atoms with Gasteiger partial charge in [-0.25, -0.2) is 4.98 Å². The van der Waals surface area contributed by atoms with Crippen LogP contribution in [-0.4, -0.2) is 43.6 Å². The lowest BCUT2D eigenvalue weighted by Gasteiger charge is -2.28. The maximum Gasteiger partial charge on any atom is 0.277 e. The minimum absolute atomic E-state index is 0.158. The van der Waals surface area contributed by atoms with Crippen LogP contribution in [0.5, 0.6) is 0 Å². The van der Waals surface area contributed by atoms with Gasteiger partial charge in [-0.1, -0.05) is 6.08 Å². The summed E-state index contributed by atoms with van der Waals surface area (Å²) in [6, 6.07) is 0.241. The highest BCUT2D eigenvalue weighted by atomic mass is 16.5. The van der Waals surface area contributed by atoms with Gasteiger partial charge in [-0.15, -0.1) is 0 Å². The second-order valence-corrected chi connectivity index (χ2v) is 7.48. The minimum atomic E-state index is -0.400. The number of ether oxygens (including phenoxy) is 1. The molecule has 31 heavy (non-hydrogen) atoms. The van der Waals surface area contributed by atoms with E-state index in [1.807, 2.05) is 24.7 Å². The molecule has 4 rings (SSSR count). The van der Waals surface area contributed by atoms with Crippen molar-refractivity contribution in [1.82, 2.24) is 25.0 Å². The van der Waals surface area contributed by atoms with Crippen LogP contribution in [-0.2, 0) is 4.74 Å². The van der Waals surface area contributed by atoms with Gasteiger partial charge in [0.05, 0.1) is 35.3 Å². The van der Waals surface area contributed by atoms with E-state index in [4.69, 9.17) is 14.9 Å². The van der Waals surface area contributed by atoms with Gasteiger partial charge in [-0.3, -0.25) is 14.6 Å². The summed E-state index contributed by atoms with van der Waals surface area (Å²) >= 11 is 0. The van der Waals surface area contributed by atoms with Gasteiger partial charge in [0, 0.05) is 19.0 Å². The zero-order valence-corrected chi connectivity index (χ0v) is 17.7. The smallest absolute Gasteiger partial charge is 0.277 e. The summed E-state index contributed by atoms with van der Waals surface area (Å²) in [5.74, 6) is -0.0860. The Morgan fingerprint density at radius 3 is 2.90 bits per heavy atom. The molecule has 164 valence electrons. The Kier molecular flexibility index (Phi) is 6.17. The molecule has 0 unspecified atom stereocenters. The van der Waals surface area contributed by atoms with Crippen molar-refractivity contribution in [2.45, 2.75) is 51.7 Å². The second-order valence-electron chi connectivity index (χ2n) is 7.48. The summed E-state index contributed by atoms with van der Waals surface area (Å²) < 4.78 is 13.0. The van der Waals surface area contributed by atoms with E-state index in [2.05, 4.69) is 25.6 Å². The summed E-state index contributed by atoms with van der Waals surface area (Å²) in [7, 11) is 0. The molecule has 3 aromatic rings. The van der Waals surface area contributed by atoms with E-state index in [9.17, 15) is 4.79 Å². The molecular formula is C21H27N7O3. The molecule has 1 aliphatic rings. The van der Waals surface area contributed by atoms with Gasteiger partial charge in [0.15, 0.2) is 5.69 Å². The number of aromatic nitrogens is 5. The topological polar surface area (TPSA) is 137 Å². The van der Waals surface area contributed by atoms with E-state index < -0.39 is 5.91 Å². The molecule has 3 heterocycles. The van der Waals surface area contributed by atoms with Crippen molar-refractivity contribution < 1.29 is 13.9 Å². The van der Waals surface area contributed by atoms with Crippen molar-refractivity contribution in [1.29, 1.82) is 0 Å². The molecule has 1 amide bonds. The molecule has 1 saturated carbocycles. The summed E-state index contributed by atoms with van der Waals surface area (Å²) in [4.78, 5) is 17.0. The number of hydrogen-bond acceptors (Lipinski definition) is 7. The molecule has 0 aliphatic heterocycles. The Morgan fingerprint density at radius 2 is 2.23 bits per heavy atom. The normalized spacial score (nSPS) is 19.5. The van der Waals surface area contributed by atoms with Crippen LogP contribution < -0.4 is 11.1 Å². The summed E-state index contributed by atoms with van der Waals surface area (Å²) in [6.07, 6.45) is 12.4. The third-order valence-corrected chi connectivity index (χ3v) is 5.47. The zero-order valence-electron chi connectivity index (χ0n) is 17.7. The van der Waals surface area contributed by atoms with Gasteiger partial charge in [0.2, 0.25) is 5.89 Å². The van der Waals surface area contributed by atoms with Crippen molar-refractivity contribution in [3.63, 3.8) is 0 Å². The van der Waals surface area contributed by atoms with Crippen LogP contribution in [0.15, 0.2) is 35.3 Å². The minimum Gasteiger partial charge on any atom is -0.444 e. The standard InChI is InChI=1S/C21H27N7O3/c1-3-16(22)19-17(11-28(27-19)14-5-7-15(8-6-14)30-4-2)25-20(29)18-12-31-21(26-18)13-9-23-24-10-13/h3,9-12,14-15H,4-8,22H2,1-2H3,(H,23,24)(H,25,29)/b16-3-/t14-,15-. The third-order valence-electron chi connectivity index (χ3n) is 5.47. The molecule has 10 nitrogen and oxygen atoms in total. The number of nitrogens with one attached hydrogen (secondary N) is 2. The van der Waals surface area contributed by atoms with Gasteiger partial charge in [-0.05, 0) is 39.5 Å². The molecule has 0 atom stereocenters. The number of carbonyl (C=O) groups is 1. The first-order valence-electron chi connectivity index (χ1n) is 10.5. The van der Waals surface area contributed by atoms with Crippen molar-refractivity contribution in [2.75, 3.05) is 11.9 Å². The Labute approximate surface area is 179 Å². The highest BCUT2D eigenvalue weighted by molar-refractivity contribution is 6.04. The van der Waals surface area contributed by atoms with Gasteiger partial charge in [0.25, 0.3) is 5.91 Å². The average Bonchev–Trinajstić information content (AvgIpc) is 3.54. The van der Waals surface area contributed by atoms with Gasteiger partial charge >= 0.3 is 0 Å². The number of nitrogens with zero attached hydrogens (tertiary/aromatic N) is 4. The summed E-state index contributed by atoms with van der Waals surface area (Å²) in [6.45, 7) is 4.59. The Morgan fingerprint density at radius 1 is 1.42 bits per heavy atom. The lowest BCUT2D eigenvalue weighted by Crippen LogP contribution is -2.24. The molecule has 1 aliphatic carbocycles. The molecule has 10 heteroatoms. The van der Waals surface area contributed by atoms with Crippen LogP contribution in [0.25, 0.3) is 17.2 Å². The number of carbonyl (C=O) groups excluding carboxylic acids is 1. The maximum absolute atomic E-state index is 12.8. The highest BCUT2D eigenvalue weighted by Crippen LogP contribution is 2.32. The van der Waals surface area contributed by atoms with Gasteiger partial charge in [-0.2, -0.15) is 10.2 Å². The van der Waals surface area contributed by atoms with E-state index in [0.29, 0.717) is 34.6 Å². The number of hydrogen-bond donors (Lipinski definition) is 3. The van der Waals surface area contributed by atoms with Crippen LogP contribution in [0.3, 0.4) is 0 Å². The van der Waals surface area contributed by atoms with Crippen LogP contribution in [0.1, 0.15) is 61.8 Å². The number of anilines is 1. The molecule has 0 spiro atoms. The molecule has 0 radical (unpaired) electrons. The summed E-state index contributed by atoms with van der Waals surface area (Å²) in [5.41, 5.74) is 8.55. The first-order valence-corrected chi connectivity index (χ1v) is 10.5. The van der Waals surface area contributed by atoms with Gasteiger partial charge in [0.1, 0.15) is 12.0 Å². The van der Waals surface area contributed by atoms with E-state index >= 15 is 0 Å². The maximum atomic E-state index is 12.8. The molecule has 0 aromatic carbocycles. The predicted octanol–water partition coefficient (Wildman–Crippen LogP) is 3.35. The fourth-order valence-electron chi connectivity index (χ4n) is 3.80. The molecule has 4 N–H and O–H groups in total. The molecular weight excluding hydrogens is 398 g/mol. The first kappa shape index (κ1) is 20.9. The molecule has 3 aromatic heterocycles. The predicted molar refractivity (Wildman–Crippen MR) is 115 cm³/mol. The Bertz CT molecular complexity index is 1040. The zero-order chi connectivity index (χ0) is 21.8. The van der Waals surface area contributed by atoms with Crippen LogP contribution in [0.4, 0.5) is 5.69 Å². The summed E-state index contributed by atoms with van der Waals surface area (Å²) in [5, 5.41) is 14.1. The van der Waals surface area contributed by atoms with Gasteiger partial charge < -0.3 is 20.2 Å². The van der Waals surface area contributed by atoms with Crippen LogP contribution in [0, 0.1) is 0 Å². The van der Waals surface area contributed by atoms with E-state index in [1.165, 1.54) is 6.26 Å². The Balaban J connectivity index is 1.51. The lowest BCUT2D eigenvalue weighted by atomic mass is 9.93. The molecule has 1 fully saturated rings. The van der Waals surface area contributed by atoms with E-state index in [-0.39, 0.29) is 11.7 Å². The van der Waals surface area contributed by atoms with Crippen LogP contribution >= 0.6 is 0 Å². The number of rotatable bonds is 7. The third kappa shape index (κ3) is 4.53. The monoisotopic (exact) mass is 425 g/mol. The van der Waals surface area contributed by atoms with E-state index in [0.717, 1.165) is 32.3 Å². The fraction of sp³-hybridized carbons (Fsp3) is 0.429. The number of H-pyrrole nitrogens is 1. The van der Waals surface area contributed by atoms with Crippen molar-refractivity contribution in [3.05, 3.63) is 42.3 Å². The second kappa shape index (κ2) is 9.17. The Hall–Kier alpha value is -3.40. The van der Waals surface area contributed by atoms with Crippen LogP contribution in [0.2, 0.25) is 0 Å². The van der Waals surface area contributed by atoms with Crippen molar-refractivity contribution >= 4 is 17.3 Å². The van der Waals surface area contributed by atoms with Crippen molar-refractivity contribution in [2.24, 2.45) is 5.73 Å². The number of oxazole rings is 1. The molecule has 0 saturated heterocycles. The fourth-order valence-corrected chi connectivity index (χ4v) is 3.80. The number of amides is 1. The highest BCUT2D eigenvalue weighted by Gasteiger charge is 2.25. The number of aromatic amines is 1. The largest absolute Gasteiger partial charge is 0.444 e. The van der Waals surface area contributed by atoms with Crippen molar-refractivity contribution in [3.8, 4) is 11.5 Å². The van der Waals surface area contributed by atoms with E-state index in [1.54, 1.807) is 18.5 Å². The SMILES string of the molecule is C/C=C(\N)c1nn([C@H]2CC[C@H](OCC)CC2)cc1NC(=O)c1coc(-c2cn[nH]c2)n1. The quantitative estimate of drug-likeness (QED) is 0.528. The average molecular weight is 425 g/mol. The number of allylic oxidation sites excluding steroid dienone is 1. The molecule has 0 bridgehead atoms. The lowest BCUT2D eigenvalue weighted by molar-refractivity contribution is 0.0259. The number of nitrogens with two attached hydrogens (primary N) is 1. The first-order chi connectivity index (χ1) is 15.1.